The van der Waals surface area contributed by atoms with Crippen LogP contribution in [0.15, 0.2) is 12.1 Å². The van der Waals surface area contributed by atoms with E-state index in [0.29, 0.717) is 12.6 Å². The summed E-state index contributed by atoms with van der Waals surface area (Å²) in [5.74, 6) is 1.03. The maximum Gasteiger partial charge on any atom is 0.125 e. The minimum absolute atomic E-state index is 0.266. The predicted molar refractivity (Wildman–Crippen MR) is 77.8 cm³/mol. The van der Waals surface area contributed by atoms with Crippen molar-refractivity contribution in [2.75, 3.05) is 26.3 Å². The first-order valence-electron chi connectivity index (χ1n) is 7.18. The number of aliphatic hydroxyl groups is 1. The molecule has 0 amide bonds. The van der Waals surface area contributed by atoms with Gasteiger partial charge in [-0.05, 0) is 56.8 Å². The molecule has 1 heterocycles. The second kappa shape index (κ2) is 6.40. The number of benzene rings is 1. The number of hydrogen-bond acceptors (Lipinski definition) is 3. The highest BCUT2D eigenvalue weighted by Crippen LogP contribution is 2.26. The molecule has 2 rings (SSSR count). The Labute approximate surface area is 116 Å². The third-order valence-electron chi connectivity index (χ3n) is 4.21. The number of nitrogens with zero attached hydrogens (tertiary/aromatic N) is 1. The molecule has 1 aromatic carbocycles. The van der Waals surface area contributed by atoms with Crippen LogP contribution in [0.5, 0.6) is 5.75 Å². The Balaban J connectivity index is 1.91. The summed E-state index contributed by atoms with van der Waals surface area (Å²) in [7, 11) is 0. The van der Waals surface area contributed by atoms with Crippen LogP contribution in [0.2, 0.25) is 0 Å². The molecule has 1 aliphatic heterocycles. The number of hydrogen-bond donors (Lipinski definition) is 1. The van der Waals surface area contributed by atoms with Gasteiger partial charge in [-0.25, -0.2) is 0 Å². The summed E-state index contributed by atoms with van der Waals surface area (Å²) in [5.41, 5.74) is 3.71. The molecular formula is C16H25NO2. The molecule has 0 spiro atoms. The second-order valence-corrected chi connectivity index (χ2v) is 5.52. The van der Waals surface area contributed by atoms with Crippen molar-refractivity contribution in [2.24, 2.45) is 0 Å². The summed E-state index contributed by atoms with van der Waals surface area (Å²) in [5, 5.41) is 9.29. The molecule has 1 saturated heterocycles. The molecule has 1 atom stereocenters. The standard InChI is InChI=1S/C16H25NO2/c1-12-6-7-13(2)16(14(12)3)19-10-9-17-8-4-5-15(17)11-18/h6-7,15,18H,4-5,8-11H2,1-3H3. The van der Waals surface area contributed by atoms with Gasteiger partial charge in [0.1, 0.15) is 12.4 Å². The number of rotatable bonds is 5. The molecule has 0 saturated carbocycles. The van der Waals surface area contributed by atoms with Gasteiger partial charge < -0.3 is 9.84 Å². The molecule has 1 aliphatic rings. The van der Waals surface area contributed by atoms with E-state index in [9.17, 15) is 5.11 Å². The third kappa shape index (κ3) is 3.28. The summed E-state index contributed by atoms with van der Waals surface area (Å²) in [4.78, 5) is 2.33. The first-order chi connectivity index (χ1) is 9.13. The van der Waals surface area contributed by atoms with Gasteiger partial charge in [0.25, 0.3) is 0 Å². The van der Waals surface area contributed by atoms with Crippen molar-refractivity contribution in [1.82, 2.24) is 4.90 Å². The van der Waals surface area contributed by atoms with Crippen LogP contribution in [-0.2, 0) is 0 Å². The molecule has 0 aromatic heterocycles. The van der Waals surface area contributed by atoms with Gasteiger partial charge in [-0.2, -0.15) is 0 Å². The van der Waals surface area contributed by atoms with E-state index < -0.39 is 0 Å². The largest absolute Gasteiger partial charge is 0.492 e. The van der Waals surface area contributed by atoms with Gasteiger partial charge in [-0.3, -0.25) is 4.90 Å². The molecule has 19 heavy (non-hydrogen) atoms. The fourth-order valence-corrected chi connectivity index (χ4v) is 2.81. The van der Waals surface area contributed by atoms with Gasteiger partial charge in [-0.15, -0.1) is 0 Å². The topological polar surface area (TPSA) is 32.7 Å². The molecule has 0 radical (unpaired) electrons. The highest BCUT2D eigenvalue weighted by molar-refractivity contribution is 5.44. The fourth-order valence-electron chi connectivity index (χ4n) is 2.81. The molecule has 3 nitrogen and oxygen atoms in total. The van der Waals surface area contributed by atoms with Crippen LogP contribution in [0.4, 0.5) is 0 Å². The normalized spacial score (nSPS) is 19.9. The van der Waals surface area contributed by atoms with E-state index in [1.54, 1.807) is 0 Å². The van der Waals surface area contributed by atoms with Crippen LogP contribution in [0, 0.1) is 20.8 Å². The van der Waals surface area contributed by atoms with Crippen molar-refractivity contribution >= 4 is 0 Å². The molecule has 1 aromatic rings. The molecule has 1 fully saturated rings. The second-order valence-electron chi connectivity index (χ2n) is 5.52. The maximum absolute atomic E-state index is 9.29. The van der Waals surface area contributed by atoms with E-state index >= 15 is 0 Å². The van der Waals surface area contributed by atoms with Crippen LogP contribution in [0.25, 0.3) is 0 Å². The Hall–Kier alpha value is -1.06. The highest BCUT2D eigenvalue weighted by Gasteiger charge is 2.23. The van der Waals surface area contributed by atoms with Gasteiger partial charge in [0.2, 0.25) is 0 Å². The zero-order valence-electron chi connectivity index (χ0n) is 12.3. The lowest BCUT2D eigenvalue weighted by Crippen LogP contribution is -2.35. The maximum atomic E-state index is 9.29. The average Bonchev–Trinajstić information content (AvgIpc) is 2.85. The van der Waals surface area contributed by atoms with Crippen molar-refractivity contribution in [3.63, 3.8) is 0 Å². The summed E-state index contributed by atoms with van der Waals surface area (Å²) >= 11 is 0. The minimum atomic E-state index is 0.266. The number of aryl methyl sites for hydroxylation is 2. The lowest BCUT2D eigenvalue weighted by atomic mass is 10.1. The number of ether oxygens (including phenoxy) is 1. The van der Waals surface area contributed by atoms with Crippen LogP contribution < -0.4 is 4.74 Å². The van der Waals surface area contributed by atoms with Crippen molar-refractivity contribution in [3.8, 4) is 5.75 Å². The van der Waals surface area contributed by atoms with Crippen LogP contribution >= 0.6 is 0 Å². The van der Waals surface area contributed by atoms with E-state index in [2.05, 4.69) is 37.8 Å². The van der Waals surface area contributed by atoms with Gasteiger partial charge >= 0.3 is 0 Å². The van der Waals surface area contributed by atoms with Gasteiger partial charge in [-0.1, -0.05) is 12.1 Å². The summed E-state index contributed by atoms with van der Waals surface area (Å²) in [6, 6.07) is 4.59. The first kappa shape index (κ1) is 14.4. The zero-order valence-corrected chi connectivity index (χ0v) is 12.3. The molecule has 106 valence electrons. The SMILES string of the molecule is Cc1ccc(C)c(OCCN2CCCC2CO)c1C. The summed E-state index contributed by atoms with van der Waals surface area (Å²) in [6.45, 7) is 9.27. The van der Waals surface area contributed by atoms with Crippen molar-refractivity contribution in [2.45, 2.75) is 39.7 Å². The van der Waals surface area contributed by atoms with Crippen LogP contribution in [0.1, 0.15) is 29.5 Å². The molecule has 3 heteroatoms. The molecule has 0 aliphatic carbocycles. The minimum Gasteiger partial charge on any atom is -0.492 e. The first-order valence-corrected chi connectivity index (χ1v) is 7.18. The van der Waals surface area contributed by atoms with Crippen molar-refractivity contribution in [3.05, 3.63) is 28.8 Å². The molecule has 0 bridgehead atoms. The van der Waals surface area contributed by atoms with E-state index in [4.69, 9.17) is 4.74 Å². The van der Waals surface area contributed by atoms with Gasteiger partial charge in [0.15, 0.2) is 0 Å². The summed E-state index contributed by atoms with van der Waals surface area (Å²) in [6.07, 6.45) is 2.30. The smallest absolute Gasteiger partial charge is 0.125 e. The van der Waals surface area contributed by atoms with E-state index in [1.807, 2.05) is 0 Å². The lowest BCUT2D eigenvalue weighted by Gasteiger charge is -2.23. The van der Waals surface area contributed by atoms with Crippen molar-refractivity contribution < 1.29 is 9.84 Å². The quantitative estimate of drug-likeness (QED) is 0.885. The average molecular weight is 263 g/mol. The van der Waals surface area contributed by atoms with Crippen molar-refractivity contribution in [1.29, 1.82) is 0 Å². The third-order valence-corrected chi connectivity index (χ3v) is 4.21. The zero-order chi connectivity index (χ0) is 13.8. The predicted octanol–water partition coefficient (Wildman–Crippen LogP) is 2.45. The number of aliphatic hydroxyl groups excluding tert-OH is 1. The van der Waals surface area contributed by atoms with Gasteiger partial charge in [0.05, 0.1) is 6.61 Å². The highest BCUT2D eigenvalue weighted by atomic mass is 16.5. The monoisotopic (exact) mass is 263 g/mol. The van der Waals surface area contributed by atoms with E-state index in [-0.39, 0.29) is 6.61 Å². The summed E-state index contributed by atoms with van der Waals surface area (Å²) < 4.78 is 5.98. The van der Waals surface area contributed by atoms with Crippen LogP contribution in [-0.4, -0.2) is 42.4 Å². The Morgan fingerprint density at radius 3 is 2.74 bits per heavy atom. The number of likely N-dealkylation sites (tertiary alicyclic amines) is 1. The van der Waals surface area contributed by atoms with Crippen LogP contribution in [0.3, 0.4) is 0 Å². The Bertz CT molecular complexity index is 431. The Morgan fingerprint density at radius 2 is 2.00 bits per heavy atom. The van der Waals surface area contributed by atoms with Gasteiger partial charge in [0, 0.05) is 12.6 Å². The Morgan fingerprint density at radius 1 is 1.26 bits per heavy atom. The lowest BCUT2D eigenvalue weighted by molar-refractivity contribution is 0.139. The molecular weight excluding hydrogens is 238 g/mol. The van der Waals surface area contributed by atoms with E-state index in [0.717, 1.165) is 25.3 Å². The molecule has 1 unspecified atom stereocenters. The Kier molecular flexibility index (Phi) is 4.83. The molecule has 1 N–H and O–H groups in total. The fraction of sp³-hybridized carbons (Fsp3) is 0.625. The van der Waals surface area contributed by atoms with E-state index in [1.165, 1.54) is 23.1 Å².